The van der Waals surface area contributed by atoms with E-state index in [0.717, 1.165) is 27.5 Å². The number of hydrogen-bond donors (Lipinski definition) is 2. The second kappa shape index (κ2) is 7.29. The van der Waals surface area contributed by atoms with Crippen LogP contribution < -0.4 is 5.32 Å². The lowest BCUT2D eigenvalue weighted by molar-refractivity contribution is 0.0698. The van der Waals surface area contributed by atoms with Gasteiger partial charge in [0.1, 0.15) is 0 Å². The standard InChI is InChI=1S/C23H17NO3S/c1-14-19(17-11-6-8-15-7-2-3-9-16(15)17)13-28-21(14)22(25)24-20-12-5-4-10-18(20)23(26)27/h2-13H,1H3,(H,24,25)(H,26,27). The Balaban J connectivity index is 1.71. The molecule has 0 bridgehead atoms. The van der Waals surface area contributed by atoms with Gasteiger partial charge in [0.2, 0.25) is 0 Å². The van der Waals surface area contributed by atoms with E-state index >= 15 is 0 Å². The third kappa shape index (κ3) is 3.17. The van der Waals surface area contributed by atoms with Gasteiger partial charge in [-0.15, -0.1) is 11.3 Å². The lowest BCUT2D eigenvalue weighted by Crippen LogP contribution is -2.14. The Morgan fingerprint density at radius 2 is 1.61 bits per heavy atom. The van der Waals surface area contributed by atoms with Crippen LogP contribution in [0.4, 0.5) is 5.69 Å². The minimum Gasteiger partial charge on any atom is -0.478 e. The van der Waals surface area contributed by atoms with Crippen LogP contribution in [0, 0.1) is 6.92 Å². The Morgan fingerprint density at radius 3 is 2.43 bits per heavy atom. The first-order chi connectivity index (χ1) is 13.6. The summed E-state index contributed by atoms with van der Waals surface area (Å²) in [6, 6.07) is 20.7. The summed E-state index contributed by atoms with van der Waals surface area (Å²) >= 11 is 1.36. The van der Waals surface area contributed by atoms with Crippen LogP contribution in [0.5, 0.6) is 0 Å². The molecule has 5 heteroatoms. The Kier molecular flexibility index (Phi) is 4.67. The number of rotatable bonds is 4. The lowest BCUT2D eigenvalue weighted by Gasteiger charge is -2.09. The summed E-state index contributed by atoms with van der Waals surface area (Å²) < 4.78 is 0. The molecule has 0 radical (unpaired) electrons. The number of carboxylic acid groups (broad SMARTS) is 1. The second-order valence-corrected chi connectivity index (χ2v) is 7.31. The molecule has 28 heavy (non-hydrogen) atoms. The highest BCUT2D eigenvalue weighted by Crippen LogP contribution is 2.35. The Labute approximate surface area is 166 Å². The molecule has 0 atom stereocenters. The molecule has 0 unspecified atom stereocenters. The summed E-state index contributed by atoms with van der Waals surface area (Å²) in [6.45, 7) is 1.92. The van der Waals surface area contributed by atoms with Crippen molar-refractivity contribution < 1.29 is 14.7 Å². The number of nitrogens with one attached hydrogen (secondary N) is 1. The summed E-state index contributed by atoms with van der Waals surface area (Å²) in [5.74, 6) is -1.38. The van der Waals surface area contributed by atoms with Crippen LogP contribution in [0.2, 0.25) is 0 Å². The number of amides is 1. The topological polar surface area (TPSA) is 66.4 Å². The maximum absolute atomic E-state index is 12.8. The zero-order valence-electron chi connectivity index (χ0n) is 15.1. The summed E-state index contributed by atoms with van der Waals surface area (Å²) in [7, 11) is 0. The summed E-state index contributed by atoms with van der Waals surface area (Å²) in [4.78, 5) is 24.8. The molecule has 2 N–H and O–H groups in total. The Bertz CT molecular complexity index is 1200. The number of carboxylic acids is 1. The molecule has 0 saturated heterocycles. The van der Waals surface area contributed by atoms with Crippen LogP contribution in [0.3, 0.4) is 0 Å². The first kappa shape index (κ1) is 17.9. The molecular weight excluding hydrogens is 370 g/mol. The molecule has 0 aliphatic rings. The van der Waals surface area contributed by atoms with Crippen LogP contribution in [0.1, 0.15) is 25.6 Å². The van der Waals surface area contributed by atoms with E-state index in [9.17, 15) is 14.7 Å². The highest BCUT2D eigenvalue weighted by Gasteiger charge is 2.19. The number of fused-ring (bicyclic) bond motifs is 1. The fourth-order valence-electron chi connectivity index (χ4n) is 3.32. The lowest BCUT2D eigenvalue weighted by atomic mass is 9.97. The van der Waals surface area contributed by atoms with E-state index in [0.29, 0.717) is 10.6 Å². The van der Waals surface area contributed by atoms with Gasteiger partial charge < -0.3 is 10.4 Å². The predicted molar refractivity (Wildman–Crippen MR) is 113 cm³/mol. The van der Waals surface area contributed by atoms with Crippen molar-refractivity contribution in [2.45, 2.75) is 6.92 Å². The van der Waals surface area contributed by atoms with Gasteiger partial charge in [-0.2, -0.15) is 0 Å². The smallest absolute Gasteiger partial charge is 0.337 e. The number of hydrogen-bond acceptors (Lipinski definition) is 3. The molecule has 3 aromatic carbocycles. The molecule has 0 aliphatic heterocycles. The van der Waals surface area contributed by atoms with Gasteiger partial charge in [-0.05, 0) is 51.9 Å². The molecule has 1 amide bonds. The highest BCUT2D eigenvalue weighted by molar-refractivity contribution is 7.12. The average molecular weight is 387 g/mol. The number of carbonyl (C=O) groups excluding carboxylic acids is 1. The van der Waals surface area contributed by atoms with Crippen LogP contribution in [-0.2, 0) is 0 Å². The first-order valence-corrected chi connectivity index (χ1v) is 9.64. The van der Waals surface area contributed by atoms with E-state index in [1.807, 2.05) is 30.5 Å². The molecule has 1 heterocycles. The molecule has 4 nitrogen and oxygen atoms in total. The molecule has 0 spiro atoms. The number of benzene rings is 3. The van der Waals surface area contributed by atoms with E-state index in [1.165, 1.54) is 17.4 Å². The van der Waals surface area contributed by atoms with Crippen molar-refractivity contribution in [1.29, 1.82) is 0 Å². The number of anilines is 1. The number of para-hydroxylation sites is 1. The normalized spacial score (nSPS) is 10.8. The maximum atomic E-state index is 12.8. The molecule has 0 aliphatic carbocycles. The van der Waals surface area contributed by atoms with Crippen molar-refractivity contribution >= 4 is 39.7 Å². The SMILES string of the molecule is Cc1c(-c2cccc3ccccc23)csc1C(=O)Nc1ccccc1C(=O)O. The number of aromatic carboxylic acids is 1. The largest absolute Gasteiger partial charge is 0.478 e. The van der Waals surface area contributed by atoms with Crippen molar-refractivity contribution in [2.24, 2.45) is 0 Å². The molecule has 0 fully saturated rings. The van der Waals surface area contributed by atoms with Gasteiger partial charge in [-0.3, -0.25) is 4.79 Å². The van der Waals surface area contributed by atoms with Gasteiger partial charge in [-0.25, -0.2) is 4.79 Å². The minimum absolute atomic E-state index is 0.0688. The number of thiophene rings is 1. The van der Waals surface area contributed by atoms with Gasteiger partial charge in [0.25, 0.3) is 5.91 Å². The Hall–Kier alpha value is -3.44. The molecule has 4 aromatic rings. The van der Waals surface area contributed by atoms with Crippen molar-refractivity contribution in [2.75, 3.05) is 5.32 Å². The number of carbonyl (C=O) groups is 2. The van der Waals surface area contributed by atoms with Crippen LogP contribution >= 0.6 is 11.3 Å². The van der Waals surface area contributed by atoms with Crippen LogP contribution in [0.15, 0.2) is 72.1 Å². The third-order valence-electron chi connectivity index (χ3n) is 4.73. The molecule has 1 aromatic heterocycles. The van der Waals surface area contributed by atoms with Gasteiger partial charge >= 0.3 is 5.97 Å². The maximum Gasteiger partial charge on any atom is 0.337 e. The average Bonchev–Trinajstić information content (AvgIpc) is 3.09. The predicted octanol–water partition coefficient (Wildman–Crippen LogP) is 5.83. The molecule has 0 saturated carbocycles. The molecule has 138 valence electrons. The van der Waals surface area contributed by atoms with Crippen LogP contribution in [0.25, 0.3) is 21.9 Å². The summed E-state index contributed by atoms with van der Waals surface area (Å²) in [6.07, 6.45) is 0. The molecular formula is C23H17NO3S. The van der Waals surface area contributed by atoms with Gasteiger partial charge in [-0.1, -0.05) is 54.6 Å². The highest BCUT2D eigenvalue weighted by atomic mass is 32.1. The van der Waals surface area contributed by atoms with Crippen molar-refractivity contribution in [3.8, 4) is 11.1 Å². The van der Waals surface area contributed by atoms with E-state index in [2.05, 4.69) is 29.6 Å². The summed E-state index contributed by atoms with van der Waals surface area (Å²) in [5, 5.41) is 16.3. The first-order valence-electron chi connectivity index (χ1n) is 8.76. The summed E-state index contributed by atoms with van der Waals surface area (Å²) in [5.41, 5.74) is 3.33. The fraction of sp³-hybridized carbons (Fsp3) is 0.0435. The third-order valence-corrected chi connectivity index (χ3v) is 5.81. The van der Waals surface area contributed by atoms with E-state index < -0.39 is 5.97 Å². The zero-order valence-corrected chi connectivity index (χ0v) is 15.9. The second-order valence-electron chi connectivity index (χ2n) is 6.44. The van der Waals surface area contributed by atoms with E-state index in [4.69, 9.17) is 0 Å². The fourth-order valence-corrected chi connectivity index (χ4v) is 4.31. The van der Waals surface area contributed by atoms with Crippen molar-refractivity contribution in [3.63, 3.8) is 0 Å². The van der Waals surface area contributed by atoms with Gasteiger partial charge in [0.05, 0.1) is 16.1 Å². The van der Waals surface area contributed by atoms with Crippen LogP contribution in [-0.4, -0.2) is 17.0 Å². The van der Waals surface area contributed by atoms with Crippen molar-refractivity contribution in [3.05, 3.63) is 88.1 Å². The van der Waals surface area contributed by atoms with Gasteiger partial charge in [0, 0.05) is 0 Å². The van der Waals surface area contributed by atoms with E-state index in [-0.39, 0.29) is 11.5 Å². The van der Waals surface area contributed by atoms with Crippen molar-refractivity contribution in [1.82, 2.24) is 0 Å². The monoisotopic (exact) mass is 387 g/mol. The minimum atomic E-state index is -1.07. The quantitative estimate of drug-likeness (QED) is 0.463. The zero-order chi connectivity index (χ0) is 19.7. The van der Waals surface area contributed by atoms with E-state index in [1.54, 1.807) is 18.2 Å². The molecule has 4 rings (SSSR count). The van der Waals surface area contributed by atoms with Gasteiger partial charge in [0.15, 0.2) is 0 Å². The Morgan fingerprint density at radius 1 is 0.893 bits per heavy atom.